The number of carbonyl (C=O) groups is 1. The first kappa shape index (κ1) is 15.1. The second-order valence-corrected chi connectivity index (χ2v) is 4.66. The number of aliphatic hydroxyl groups is 1. The summed E-state index contributed by atoms with van der Waals surface area (Å²) < 4.78 is 9.82. The largest absolute Gasteiger partial charge is 0.435 e. The zero-order valence-corrected chi connectivity index (χ0v) is 10.8. The molecule has 2 N–H and O–H groups in total. The van der Waals surface area contributed by atoms with E-state index in [2.05, 4.69) is 5.32 Å². The van der Waals surface area contributed by atoms with Crippen LogP contribution >= 0.6 is 0 Å². The SMILES string of the molecule is [B]C([B])([B])N[C@@H](C)C(=O)c1ccc2c(c1)OC([B])(O)O2. The highest BCUT2D eigenvalue weighted by atomic mass is 16.8. The summed E-state index contributed by atoms with van der Waals surface area (Å²) in [5.41, 5.74) is 0.300. The highest BCUT2D eigenvalue weighted by molar-refractivity contribution is 6.59. The molecule has 1 aromatic rings. The van der Waals surface area contributed by atoms with Crippen LogP contribution in [0.4, 0.5) is 0 Å². The molecule has 0 saturated carbocycles. The summed E-state index contributed by atoms with van der Waals surface area (Å²) in [5.74, 6) is -2.14. The Hall–Kier alpha value is -1.33. The van der Waals surface area contributed by atoms with Gasteiger partial charge >= 0.3 is 5.87 Å². The Balaban J connectivity index is 2.17. The molecule has 0 saturated heterocycles. The van der Waals surface area contributed by atoms with Gasteiger partial charge in [0, 0.05) is 5.56 Å². The van der Waals surface area contributed by atoms with Crippen LogP contribution in [0.5, 0.6) is 11.5 Å². The van der Waals surface area contributed by atoms with E-state index in [0.717, 1.165) is 0 Å². The highest BCUT2D eigenvalue weighted by Crippen LogP contribution is 2.37. The number of hydrogen-bond donors (Lipinski definition) is 2. The average Bonchev–Trinajstić information content (AvgIpc) is 2.58. The molecule has 0 fully saturated rings. The smallest absolute Gasteiger partial charge is 0.302 e. The number of hydrogen-bond acceptors (Lipinski definition) is 5. The van der Waals surface area contributed by atoms with Crippen molar-refractivity contribution in [2.75, 3.05) is 0 Å². The molecule has 20 heavy (non-hydrogen) atoms. The molecular formula is C11H9B4NO4. The number of ketones is 1. The quantitative estimate of drug-likeness (QED) is 0.511. The molecule has 0 spiro atoms. The van der Waals surface area contributed by atoms with E-state index in [-0.39, 0.29) is 17.3 Å². The summed E-state index contributed by atoms with van der Waals surface area (Å²) >= 11 is 0. The van der Waals surface area contributed by atoms with Crippen molar-refractivity contribution in [2.24, 2.45) is 0 Å². The Morgan fingerprint density at radius 1 is 1.35 bits per heavy atom. The summed E-state index contributed by atoms with van der Waals surface area (Å²) in [6, 6.07) is 3.63. The summed E-state index contributed by atoms with van der Waals surface area (Å²) in [6.07, 6.45) is 0. The second-order valence-electron chi connectivity index (χ2n) is 4.66. The van der Waals surface area contributed by atoms with Gasteiger partial charge in [0.25, 0.3) is 0 Å². The average molecular weight is 262 g/mol. The first-order valence-corrected chi connectivity index (χ1v) is 5.79. The van der Waals surface area contributed by atoms with E-state index in [1.54, 1.807) is 6.92 Å². The first-order chi connectivity index (χ1) is 9.07. The highest BCUT2D eigenvalue weighted by Gasteiger charge is 2.34. The maximum absolute atomic E-state index is 12.2. The van der Waals surface area contributed by atoms with Gasteiger partial charge in [-0.1, -0.05) is 5.24 Å². The topological polar surface area (TPSA) is 67.8 Å². The van der Waals surface area contributed by atoms with Crippen LogP contribution in [-0.4, -0.2) is 59.4 Å². The molecule has 2 atom stereocenters. The normalized spacial score (nSPS) is 22.5. The summed E-state index contributed by atoms with van der Waals surface area (Å²) in [4.78, 5) is 12.2. The van der Waals surface area contributed by atoms with Crippen LogP contribution in [0.25, 0.3) is 0 Å². The van der Waals surface area contributed by atoms with Gasteiger partial charge < -0.3 is 19.9 Å². The minimum absolute atomic E-state index is 0.160. The third-order valence-electron chi connectivity index (χ3n) is 2.60. The molecule has 0 amide bonds. The lowest BCUT2D eigenvalue weighted by atomic mass is 9.49. The van der Waals surface area contributed by atoms with Crippen LogP contribution in [-0.2, 0) is 0 Å². The minimum atomic E-state index is -2.23. The monoisotopic (exact) mass is 263 g/mol. The van der Waals surface area contributed by atoms with Gasteiger partial charge in [-0.3, -0.25) is 4.79 Å². The Morgan fingerprint density at radius 3 is 2.55 bits per heavy atom. The van der Waals surface area contributed by atoms with Crippen molar-refractivity contribution in [3.8, 4) is 11.5 Å². The van der Waals surface area contributed by atoms with Crippen molar-refractivity contribution in [3.63, 3.8) is 0 Å². The van der Waals surface area contributed by atoms with Crippen LogP contribution in [0, 0.1) is 0 Å². The van der Waals surface area contributed by atoms with Crippen LogP contribution in [0.1, 0.15) is 17.3 Å². The van der Waals surface area contributed by atoms with E-state index < -0.39 is 17.2 Å². The van der Waals surface area contributed by atoms with Crippen LogP contribution < -0.4 is 14.8 Å². The van der Waals surface area contributed by atoms with Crippen molar-refractivity contribution in [1.82, 2.24) is 5.32 Å². The molecule has 94 valence electrons. The van der Waals surface area contributed by atoms with Crippen LogP contribution in [0.15, 0.2) is 18.2 Å². The number of ether oxygens (including phenoxy) is 2. The molecule has 0 aliphatic carbocycles. The third kappa shape index (κ3) is 3.41. The van der Waals surface area contributed by atoms with Gasteiger partial charge in [-0.15, -0.1) is 0 Å². The Bertz CT molecular complexity index is 544. The zero-order chi connectivity index (χ0) is 15.1. The van der Waals surface area contributed by atoms with E-state index in [4.69, 9.17) is 40.9 Å². The lowest BCUT2D eigenvalue weighted by molar-refractivity contribution is -0.178. The Morgan fingerprint density at radius 2 is 1.95 bits per heavy atom. The number of fused-ring (bicyclic) bond motifs is 1. The zero-order valence-electron chi connectivity index (χ0n) is 10.8. The van der Waals surface area contributed by atoms with E-state index in [1.807, 2.05) is 0 Å². The Kier molecular flexibility index (Phi) is 3.69. The molecule has 2 rings (SSSR count). The van der Waals surface area contributed by atoms with Crippen molar-refractivity contribution < 1.29 is 19.4 Å². The number of rotatable bonds is 4. The molecule has 0 aromatic heterocycles. The predicted molar refractivity (Wildman–Crippen MR) is 75.3 cm³/mol. The van der Waals surface area contributed by atoms with Crippen molar-refractivity contribution in [3.05, 3.63) is 23.8 Å². The van der Waals surface area contributed by atoms with Gasteiger partial charge in [0.15, 0.2) is 17.3 Å². The Labute approximate surface area is 122 Å². The fourth-order valence-electron chi connectivity index (χ4n) is 1.85. The molecule has 8 radical (unpaired) electrons. The molecule has 1 aliphatic heterocycles. The van der Waals surface area contributed by atoms with E-state index in [9.17, 15) is 9.90 Å². The maximum atomic E-state index is 12.2. The van der Waals surface area contributed by atoms with Crippen molar-refractivity contribution in [1.29, 1.82) is 0 Å². The van der Waals surface area contributed by atoms with Crippen LogP contribution in [0.3, 0.4) is 0 Å². The fraction of sp³-hybridized carbons (Fsp3) is 0.364. The number of carbonyl (C=O) groups excluding carboxylic acids is 1. The number of nitrogens with one attached hydrogen (secondary N) is 1. The molecule has 5 nitrogen and oxygen atoms in total. The molecule has 9 heteroatoms. The standard InChI is InChI=1S/C11H9B4NO4/c1-5(16-10(12,13)14)9(17)6-2-3-7-8(4-6)20-11(15,18)19-7/h2-5,16,18H,1H3/t5-,11?/m0/s1. The second kappa shape index (κ2) is 4.90. The van der Waals surface area contributed by atoms with E-state index in [0.29, 0.717) is 5.56 Å². The van der Waals surface area contributed by atoms with E-state index >= 15 is 0 Å². The van der Waals surface area contributed by atoms with Gasteiger partial charge in [-0.25, -0.2) is 0 Å². The maximum Gasteiger partial charge on any atom is 0.302 e. The predicted octanol–water partition coefficient (Wildman–Crippen LogP) is -1.49. The summed E-state index contributed by atoms with van der Waals surface area (Å²) in [7, 11) is 21.4. The lowest BCUT2D eigenvalue weighted by Gasteiger charge is -2.26. The molecule has 1 aliphatic rings. The molecular weight excluding hydrogens is 253 g/mol. The summed E-state index contributed by atoms with van der Waals surface area (Å²) in [6.45, 7) is 1.56. The molecule has 1 unspecified atom stereocenters. The van der Waals surface area contributed by atoms with Gasteiger partial charge in [-0.05, 0) is 25.1 Å². The lowest BCUT2D eigenvalue weighted by Crippen LogP contribution is -2.53. The molecule has 1 heterocycles. The van der Waals surface area contributed by atoms with Crippen molar-refractivity contribution >= 4 is 37.2 Å². The van der Waals surface area contributed by atoms with Gasteiger partial charge in [-0.2, -0.15) is 0 Å². The van der Waals surface area contributed by atoms with Gasteiger partial charge in [0.2, 0.25) is 7.85 Å². The van der Waals surface area contributed by atoms with Gasteiger partial charge in [0.05, 0.1) is 29.6 Å². The fourth-order valence-corrected chi connectivity index (χ4v) is 1.85. The number of benzene rings is 1. The van der Waals surface area contributed by atoms with Gasteiger partial charge in [0.1, 0.15) is 0 Å². The molecule has 0 bridgehead atoms. The van der Waals surface area contributed by atoms with Crippen molar-refractivity contribution in [2.45, 2.75) is 24.1 Å². The minimum Gasteiger partial charge on any atom is -0.435 e. The number of Topliss-reactive ketones (excluding diaryl/α,β-unsaturated/α-hetero) is 1. The summed E-state index contributed by atoms with van der Waals surface area (Å²) in [5, 5.41) is 10.3. The third-order valence-corrected chi connectivity index (χ3v) is 2.60. The first-order valence-electron chi connectivity index (χ1n) is 5.79. The van der Waals surface area contributed by atoms with Crippen LogP contribution in [0.2, 0.25) is 0 Å². The molecule has 1 aromatic carbocycles. The van der Waals surface area contributed by atoms with E-state index in [1.165, 1.54) is 18.2 Å².